The Balaban J connectivity index is 1.95. The Labute approximate surface area is 125 Å². The van der Waals surface area contributed by atoms with Crippen LogP contribution in [-0.2, 0) is 0 Å². The van der Waals surface area contributed by atoms with E-state index in [2.05, 4.69) is 15.8 Å². The van der Waals surface area contributed by atoms with E-state index < -0.39 is 11.6 Å². The number of phenols is 1. The second-order valence-electron chi connectivity index (χ2n) is 4.01. The van der Waals surface area contributed by atoms with Crippen LogP contribution in [0.25, 0.3) is 0 Å². The third kappa shape index (κ3) is 4.22. The molecule has 0 fully saturated rings. The van der Waals surface area contributed by atoms with E-state index in [1.807, 2.05) is 0 Å². The molecule has 4 nitrogen and oxygen atoms in total. The van der Waals surface area contributed by atoms with Crippen LogP contribution >= 0.6 is 12.2 Å². The lowest BCUT2D eigenvalue weighted by Gasteiger charge is -2.07. The first-order valence-electron chi connectivity index (χ1n) is 5.89. The van der Waals surface area contributed by atoms with Crippen LogP contribution in [0.3, 0.4) is 0 Å². The number of benzene rings is 2. The van der Waals surface area contributed by atoms with Crippen molar-refractivity contribution in [2.45, 2.75) is 0 Å². The lowest BCUT2D eigenvalue weighted by molar-refractivity contribution is 0.474. The van der Waals surface area contributed by atoms with Crippen LogP contribution in [0, 0.1) is 11.6 Å². The predicted molar refractivity (Wildman–Crippen MR) is 81.4 cm³/mol. The van der Waals surface area contributed by atoms with Crippen LogP contribution in [0.4, 0.5) is 14.5 Å². The molecule has 0 heterocycles. The molecule has 0 bridgehead atoms. The maximum atomic E-state index is 13.4. The highest BCUT2D eigenvalue weighted by atomic mass is 32.1. The molecule has 0 aliphatic carbocycles. The van der Waals surface area contributed by atoms with Gasteiger partial charge in [0.15, 0.2) is 5.11 Å². The van der Waals surface area contributed by atoms with Crippen molar-refractivity contribution in [3.63, 3.8) is 0 Å². The van der Waals surface area contributed by atoms with Gasteiger partial charge in [0.2, 0.25) is 0 Å². The number of nitrogens with one attached hydrogen (secondary N) is 2. The van der Waals surface area contributed by atoms with Gasteiger partial charge in [-0.25, -0.2) is 8.78 Å². The molecule has 0 aliphatic rings. The van der Waals surface area contributed by atoms with Crippen molar-refractivity contribution in [3.8, 4) is 5.75 Å². The number of phenolic OH excluding ortho intramolecular Hbond substituents is 1. The van der Waals surface area contributed by atoms with Gasteiger partial charge in [-0.05, 0) is 36.5 Å². The van der Waals surface area contributed by atoms with Crippen molar-refractivity contribution >= 4 is 29.2 Å². The molecule has 2 aromatic carbocycles. The summed E-state index contributed by atoms with van der Waals surface area (Å²) in [5, 5.41) is 15.9. The van der Waals surface area contributed by atoms with E-state index in [4.69, 9.17) is 12.2 Å². The Bertz CT molecular complexity index is 692. The number of halogens is 2. The fourth-order valence-electron chi connectivity index (χ4n) is 1.50. The monoisotopic (exact) mass is 307 g/mol. The Morgan fingerprint density at radius 3 is 2.67 bits per heavy atom. The van der Waals surface area contributed by atoms with Crippen LogP contribution < -0.4 is 10.7 Å². The van der Waals surface area contributed by atoms with Gasteiger partial charge in [0.25, 0.3) is 0 Å². The average Bonchev–Trinajstić information content (AvgIpc) is 2.44. The second-order valence-corrected chi connectivity index (χ2v) is 4.42. The van der Waals surface area contributed by atoms with Gasteiger partial charge in [-0.3, -0.25) is 5.43 Å². The van der Waals surface area contributed by atoms with E-state index in [1.54, 1.807) is 18.2 Å². The smallest absolute Gasteiger partial charge is 0.191 e. The highest BCUT2D eigenvalue weighted by Gasteiger charge is 2.04. The van der Waals surface area contributed by atoms with Crippen molar-refractivity contribution in [3.05, 3.63) is 59.7 Å². The van der Waals surface area contributed by atoms with Gasteiger partial charge in [0.05, 0.1) is 11.9 Å². The SMILES string of the molecule is Oc1ccccc1/C=N\NC(=S)Nc1ccc(F)cc1F. The highest BCUT2D eigenvalue weighted by Crippen LogP contribution is 2.15. The summed E-state index contributed by atoms with van der Waals surface area (Å²) >= 11 is 4.92. The molecule has 2 aromatic rings. The fraction of sp³-hybridized carbons (Fsp3) is 0. The standard InChI is InChI=1S/C14H11F2N3OS/c15-10-5-6-12(11(16)7-10)18-14(21)19-17-8-9-3-1-2-4-13(9)20/h1-8,20H,(H2,18,19,21)/b17-8-. The van der Waals surface area contributed by atoms with Crippen LogP contribution in [0.2, 0.25) is 0 Å². The maximum Gasteiger partial charge on any atom is 0.191 e. The van der Waals surface area contributed by atoms with E-state index in [-0.39, 0.29) is 16.5 Å². The number of para-hydroxylation sites is 1. The molecular weight excluding hydrogens is 296 g/mol. The van der Waals surface area contributed by atoms with E-state index in [0.717, 1.165) is 12.1 Å². The van der Waals surface area contributed by atoms with E-state index >= 15 is 0 Å². The van der Waals surface area contributed by atoms with Gasteiger partial charge < -0.3 is 10.4 Å². The first-order valence-corrected chi connectivity index (χ1v) is 6.30. The van der Waals surface area contributed by atoms with Gasteiger partial charge in [0.1, 0.15) is 17.4 Å². The zero-order valence-corrected chi connectivity index (χ0v) is 11.5. The minimum Gasteiger partial charge on any atom is -0.507 e. The van der Waals surface area contributed by atoms with Crippen molar-refractivity contribution < 1.29 is 13.9 Å². The van der Waals surface area contributed by atoms with Crippen molar-refractivity contribution in [2.24, 2.45) is 5.10 Å². The van der Waals surface area contributed by atoms with Gasteiger partial charge in [-0.2, -0.15) is 5.10 Å². The van der Waals surface area contributed by atoms with Gasteiger partial charge >= 0.3 is 0 Å². The van der Waals surface area contributed by atoms with Crippen molar-refractivity contribution in [1.82, 2.24) is 5.43 Å². The number of aromatic hydroxyl groups is 1. The molecule has 0 aromatic heterocycles. The summed E-state index contributed by atoms with van der Waals surface area (Å²) in [6, 6.07) is 9.69. The Morgan fingerprint density at radius 1 is 1.19 bits per heavy atom. The summed E-state index contributed by atoms with van der Waals surface area (Å²) in [5.74, 6) is -1.36. The number of thiocarbonyl (C=S) groups is 1. The topological polar surface area (TPSA) is 56.7 Å². The molecule has 3 N–H and O–H groups in total. The number of rotatable bonds is 3. The summed E-state index contributed by atoms with van der Waals surface area (Å²) in [4.78, 5) is 0. The summed E-state index contributed by atoms with van der Waals surface area (Å²) in [6.45, 7) is 0. The zero-order chi connectivity index (χ0) is 15.2. The van der Waals surface area contributed by atoms with Crippen LogP contribution in [0.1, 0.15) is 5.56 Å². The molecule has 0 amide bonds. The van der Waals surface area contributed by atoms with E-state index in [0.29, 0.717) is 5.56 Å². The molecule has 0 unspecified atom stereocenters. The molecule has 108 valence electrons. The second kappa shape index (κ2) is 6.76. The highest BCUT2D eigenvalue weighted by molar-refractivity contribution is 7.80. The first kappa shape index (κ1) is 14.9. The molecule has 0 atom stereocenters. The summed E-state index contributed by atoms with van der Waals surface area (Å²) in [6.07, 6.45) is 1.37. The Kier molecular flexibility index (Phi) is 4.78. The molecule has 0 aliphatic heterocycles. The number of hydrazone groups is 1. The largest absolute Gasteiger partial charge is 0.507 e. The van der Waals surface area contributed by atoms with Gasteiger partial charge in [-0.15, -0.1) is 0 Å². The molecule has 0 saturated heterocycles. The zero-order valence-electron chi connectivity index (χ0n) is 10.7. The van der Waals surface area contributed by atoms with Gasteiger partial charge in [0, 0.05) is 11.6 Å². The minimum atomic E-state index is -0.760. The normalized spacial score (nSPS) is 10.6. The molecule has 0 saturated carbocycles. The Morgan fingerprint density at radius 2 is 1.95 bits per heavy atom. The number of anilines is 1. The lowest BCUT2D eigenvalue weighted by Crippen LogP contribution is -2.24. The minimum absolute atomic E-state index is 0.0339. The van der Waals surface area contributed by atoms with Crippen LogP contribution in [0.15, 0.2) is 47.6 Å². The molecule has 21 heavy (non-hydrogen) atoms. The molecular formula is C14H11F2N3OS. The summed E-state index contributed by atoms with van der Waals surface area (Å²) < 4.78 is 26.1. The maximum absolute atomic E-state index is 13.4. The fourth-order valence-corrected chi connectivity index (χ4v) is 1.66. The first-order chi connectivity index (χ1) is 10.1. The van der Waals surface area contributed by atoms with E-state index in [9.17, 15) is 13.9 Å². The van der Waals surface area contributed by atoms with Gasteiger partial charge in [-0.1, -0.05) is 12.1 Å². The third-order valence-electron chi connectivity index (χ3n) is 2.49. The Hall–Kier alpha value is -2.54. The lowest BCUT2D eigenvalue weighted by atomic mass is 10.2. The van der Waals surface area contributed by atoms with Crippen molar-refractivity contribution in [1.29, 1.82) is 0 Å². The van der Waals surface area contributed by atoms with Crippen LogP contribution in [-0.4, -0.2) is 16.4 Å². The number of nitrogens with zero attached hydrogens (tertiary/aromatic N) is 1. The summed E-state index contributed by atoms with van der Waals surface area (Å²) in [7, 11) is 0. The number of hydrogen-bond acceptors (Lipinski definition) is 3. The molecule has 0 spiro atoms. The quantitative estimate of drug-likeness (QED) is 0.463. The van der Waals surface area contributed by atoms with E-state index in [1.165, 1.54) is 18.3 Å². The third-order valence-corrected chi connectivity index (χ3v) is 2.68. The number of hydrogen-bond donors (Lipinski definition) is 3. The molecule has 2 rings (SSSR count). The van der Waals surface area contributed by atoms with Crippen LogP contribution in [0.5, 0.6) is 5.75 Å². The predicted octanol–water partition coefficient (Wildman–Crippen LogP) is 2.99. The summed E-state index contributed by atoms with van der Waals surface area (Å²) in [5.41, 5.74) is 3.00. The molecule has 0 radical (unpaired) electrons. The average molecular weight is 307 g/mol. The van der Waals surface area contributed by atoms with Crippen molar-refractivity contribution in [2.75, 3.05) is 5.32 Å². The molecule has 7 heteroatoms.